The molecule has 25 heavy (non-hydrogen) atoms. The number of ether oxygens (including phenoxy) is 1. The molecule has 1 saturated heterocycles. The molecule has 2 aliphatic heterocycles. The molecule has 0 aliphatic carbocycles. The Balaban J connectivity index is 1.50. The second kappa shape index (κ2) is 6.92. The van der Waals surface area contributed by atoms with Gasteiger partial charge in [-0.05, 0) is 49.2 Å². The third kappa shape index (κ3) is 3.42. The predicted molar refractivity (Wildman–Crippen MR) is 92.5 cm³/mol. The second-order valence-electron chi connectivity index (χ2n) is 6.58. The Kier molecular flexibility index (Phi) is 4.49. The van der Waals surface area contributed by atoms with E-state index in [0.717, 1.165) is 12.1 Å². The van der Waals surface area contributed by atoms with Crippen molar-refractivity contribution in [2.24, 2.45) is 4.99 Å². The van der Waals surface area contributed by atoms with Crippen molar-refractivity contribution in [3.63, 3.8) is 0 Å². The third-order valence-corrected chi connectivity index (χ3v) is 4.80. The quantitative estimate of drug-likeness (QED) is 0.836. The van der Waals surface area contributed by atoms with Crippen molar-refractivity contribution in [3.05, 3.63) is 70.8 Å². The SMILES string of the molecule is Fc1cccc(F)c1C1=NC(c2ccc(CN3CCCC3)cc2)CO1. The highest BCUT2D eigenvalue weighted by Gasteiger charge is 2.26. The molecule has 2 aromatic rings. The zero-order valence-corrected chi connectivity index (χ0v) is 13.9. The molecule has 5 heteroatoms. The van der Waals surface area contributed by atoms with E-state index in [0.29, 0.717) is 6.61 Å². The summed E-state index contributed by atoms with van der Waals surface area (Å²) in [5, 5.41) is 0. The molecule has 1 unspecified atom stereocenters. The molecular formula is C20H20F2N2O. The minimum atomic E-state index is -0.652. The smallest absolute Gasteiger partial charge is 0.222 e. The Morgan fingerprint density at radius 1 is 1.00 bits per heavy atom. The largest absolute Gasteiger partial charge is 0.475 e. The van der Waals surface area contributed by atoms with Crippen molar-refractivity contribution in [1.29, 1.82) is 0 Å². The molecule has 0 N–H and O–H groups in total. The molecule has 0 spiro atoms. The summed E-state index contributed by atoms with van der Waals surface area (Å²) >= 11 is 0. The Labute approximate surface area is 145 Å². The lowest BCUT2D eigenvalue weighted by atomic mass is 10.1. The van der Waals surface area contributed by atoms with E-state index in [9.17, 15) is 8.78 Å². The van der Waals surface area contributed by atoms with Gasteiger partial charge in [-0.2, -0.15) is 0 Å². The first-order chi connectivity index (χ1) is 12.2. The van der Waals surface area contributed by atoms with Gasteiger partial charge in [0, 0.05) is 6.54 Å². The Morgan fingerprint density at radius 2 is 1.68 bits per heavy atom. The lowest BCUT2D eigenvalue weighted by molar-refractivity contribution is 0.317. The summed E-state index contributed by atoms with van der Waals surface area (Å²) in [6, 6.07) is 11.8. The highest BCUT2D eigenvalue weighted by atomic mass is 19.1. The number of benzene rings is 2. The van der Waals surface area contributed by atoms with Crippen LogP contribution >= 0.6 is 0 Å². The van der Waals surface area contributed by atoms with Crippen LogP contribution < -0.4 is 0 Å². The molecule has 130 valence electrons. The molecule has 2 aliphatic rings. The Morgan fingerprint density at radius 3 is 2.36 bits per heavy atom. The van der Waals surface area contributed by atoms with Crippen molar-refractivity contribution in [2.75, 3.05) is 19.7 Å². The van der Waals surface area contributed by atoms with Gasteiger partial charge in [0.15, 0.2) is 0 Å². The van der Waals surface area contributed by atoms with Crippen LogP contribution in [0.15, 0.2) is 47.5 Å². The molecule has 3 nitrogen and oxygen atoms in total. The minimum absolute atomic E-state index is 0.0433. The number of aliphatic imine (C=N–C) groups is 1. The van der Waals surface area contributed by atoms with E-state index in [1.54, 1.807) is 0 Å². The van der Waals surface area contributed by atoms with Crippen LogP contribution in [-0.4, -0.2) is 30.5 Å². The number of halogens is 2. The molecule has 0 bridgehead atoms. The van der Waals surface area contributed by atoms with E-state index >= 15 is 0 Å². The van der Waals surface area contributed by atoms with E-state index in [-0.39, 0.29) is 17.5 Å². The van der Waals surface area contributed by atoms with E-state index < -0.39 is 11.6 Å². The molecule has 1 fully saturated rings. The molecule has 1 atom stereocenters. The van der Waals surface area contributed by atoms with Gasteiger partial charge in [0.05, 0.1) is 0 Å². The number of hydrogen-bond donors (Lipinski definition) is 0. The average Bonchev–Trinajstić information content (AvgIpc) is 3.28. The summed E-state index contributed by atoms with van der Waals surface area (Å²) in [6.07, 6.45) is 2.56. The van der Waals surface area contributed by atoms with Crippen molar-refractivity contribution in [2.45, 2.75) is 25.4 Å². The van der Waals surface area contributed by atoms with Crippen LogP contribution in [0, 0.1) is 11.6 Å². The standard InChI is InChI=1S/C20H20F2N2O/c21-16-4-3-5-17(22)19(16)20-23-18(13-25-20)15-8-6-14(7-9-15)12-24-10-1-2-11-24/h3-9,18H,1-2,10-13H2. The zero-order chi connectivity index (χ0) is 17.2. The van der Waals surface area contributed by atoms with Gasteiger partial charge >= 0.3 is 0 Å². The molecule has 2 aromatic carbocycles. The predicted octanol–water partition coefficient (Wildman–Crippen LogP) is 4.08. The first kappa shape index (κ1) is 16.2. The van der Waals surface area contributed by atoms with Gasteiger partial charge in [0.2, 0.25) is 5.90 Å². The van der Waals surface area contributed by atoms with Crippen molar-refractivity contribution in [1.82, 2.24) is 4.90 Å². The zero-order valence-electron chi connectivity index (χ0n) is 13.9. The summed E-state index contributed by atoms with van der Waals surface area (Å²) in [7, 11) is 0. The summed E-state index contributed by atoms with van der Waals surface area (Å²) in [6.45, 7) is 3.60. The van der Waals surface area contributed by atoms with Crippen LogP contribution in [0.1, 0.15) is 35.6 Å². The molecule has 4 rings (SSSR count). The monoisotopic (exact) mass is 342 g/mol. The van der Waals surface area contributed by atoms with Gasteiger partial charge in [-0.25, -0.2) is 13.8 Å². The first-order valence-electron chi connectivity index (χ1n) is 8.67. The number of rotatable bonds is 4. The van der Waals surface area contributed by atoms with Gasteiger partial charge in [-0.1, -0.05) is 30.3 Å². The summed E-state index contributed by atoms with van der Waals surface area (Å²) < 4.78 is 33.2. The number of likely N-dealkylation sites (tertiary alicyclic amines) is 1. The second-order valence-corrected chi connectivity index (χ2v) is 6.58. The number of hydrogen-bond acceptors (Lipinski definition) is 3. The van der Waals surface area contributed by atoms with Crippen molar-refractivity contribution < 1.29 is 13.5 Å². The normalized spacial score (nSPS) is 20.6. The van der Waals surface area contributed by atoms with Gasteiger partial charge in [-0.15, -0.1) is 0 Å². The fraction of sp³-hybridized carbons (Fsp3) is 0.350. The molecule has 0 radical (unpaired) electrons. The highest BCUT2D eigenvalue weighted by molar-refractivity contribution is 5.95. The van der Waals surface area contributed by atoms with Crippen LogP contribution in [0.4, 0.5) is 8.78 Å². The summed E-state index contributed by atoms with van der Waals surface area (Å²) in [4.78, 5) is 6.84. The fourth-order valence-corrected chi connectivity index (χ4v) is 3.43. The van der Waals surface area contributed by atoms with Gasteiger partial charge < -0.3 is 4.74 Å². The van der Waals surface area contributed by atoms with Crippen LogP contribution in [-0.2, 0) is 11.3 Å². The molecule has 0 amide bonds. The van der Waals surface area contributed by atoms with E-state index in [4.69, 9.17) is 4.74 Å². The van der Waals surface area contributed by atoms with Gasteiger partial charge in [0.25, 0.3) is 0 Å². The molecule has 2 heterocycles. The Hall–Kier alpha value is -2.27. The maximum atomic E-state index is 13.9. The van der Waals surface area contributed by atoms with Crippen molar-refractivity contribution in [3.8, 4) is 0 Å². The average molecular weight is 342 g/mol. The van der Waals surface area contributed by atoms with Crippen LogP contribution in [0.2, 0.25) is 0 Å². The summed E-state index contributed by atoms with van der Waals surface area (Å²) in [5.74, 6) is -1.26. The van der Waals surface area contributed by atoms with Crippen LogP contribution in [0.3, 0.4) is 0 Å². The first-order valence-corrected chi connectivity index (χ1v) is 8.67. The summed E-state index contributed by atoms with van der Waals surface area (Å²) in [5.41, 5.74) is 2.08. The maximum absolute atomic E-state index is 13.9. The molecule has 0 aromatic heterocycles. The van der Waals surface area contributed by atoms with E-state index in [1.807, 2.05) is 12.1 Å². The third-order valence-electron chi connectivity index (χ3n) is 4.80. The van der Waals surface area contributed by atoms with Crippen LogP contribution in [0.5, 0.6) is 0 Å². The lowest BCUT2D eigenvalue weighted by Gasteiger charge is -2.15. The topological polar surface area (TPSA) is 24.8 Å². The lowest BCUT2D eigenvalue weighted by Crippen LogP contribution is -2.18. The van der Waals surface area contributed by atoms with Crippen molar-refractivity contribution >= 4 is 5.90 Å². The van der Waals surface area contributed by atoms with E-state index in [1.165, 1.54) is 49.7 Å². The molecule has 0 saturated carbocycles. The Bertz CT molecular complexity index is 763. The van der Waals surface area contributed by atoms with Gasteiger partial charge in [0.1, 0.15) is 29.8 Å². The van der Waals surface area contributed by atoms with Gasteiger partial charge in [-0.3, -0.25) is 4.90 Å². The highest BCUT2D eigenvalue weighted by Crippen LogP contribution is 2.27. The maximum Gasteiger partial charge on any atom is 0.222 e. The number of nitrogens with zero attached hydrogens (tertiary/aromatic N) is 2. The van der Waals surface area contributed by atoms with Crippen LogP contribution in [0.25, 0.3) is 0 Å². The molecular weight excluding hydrogens is 322 g/mol. The fourth-order valence-electron chi connectivity index (χ4n) is 3.43. The minimum Gasteiger partial charge on any atom is -0.475 e. The van der Waals surface area contributed by atoms with E-state index in [2.05, 4.69) is 22.0 Å².